The Kier molecular flexibility index (Phi) is 5.16. The normalized spacial score (nSPS) is 11.8. The highest BCUT2D eigenvalue weighted by Crippen LogP contribution is 2.29. The fourth-order valence-corrected chi connectivity index (χ4v) is 2.70. The Labute approximate surface area is 127 Å². The second-order valence-corrected chi connectivity index (χ2v) is 5.25. The van der Waals surface area contributed by atoms with E-state index in [-0.39, 0.29) is 5.97 Å². The van der Waals surface area contributed by atoms with Crippen LogP contribution in [-0.4, -0.2) is 24.7 Å². The number of carbonyl (C=O) groups is 1. The second kappa shape index (κ2) is 7.08. The number of thiazole rings is 1. The average molecular weight is 306 g/mol. The number of aromatic nitrogens is 1. The van der Waals surface area contributed by atoms with Crippen LogP contribution >= 0.6 is 11.3 Å². The number of hydrogen-bond donors (Lipinski definition) is 1. The molecule has 0 amide bonds. The number of methoxy groups -OCH3 is 1. The molecule has 1 atom stereocenters. The number of para-hydroxylation sites is 2. The van der Waals surface area contributed by atoms with Crippen molar-refractivity contribution in [3.63, 3.8) is 0 Å². The van der Waals surface area contributed by atoms with Crippen LogP contribution in [0.2, 0.25) is 0 Å². The molecule has 0 aliphatic carbocycles. The molecule has 21 heavy (non-hydrogen) atoms. The molecule has 2 rings (SSSR count). The van der Waals surface area contributed by atoms with Crippen LogP contribution in [-0.2, 0) is 9.53 Å². The van der Waals surface area contributed by atoms with Gasteiger partial charge < -0.3 is 14.8 Å². The zero-order valence-electron chi connectivity index (χ0n) is 12.3. The van der Waals surface area contributed by atoms with E-state index < -0.39 is 6.04 Å². The molecule has 1 unspecified atom stereocenters. The Bertz CT molecular complexity index is 612. The molecule has 1 heterocycles. The smallest absolute Gasteiger partial charge is 0.335 e. The summed E-state index contributed by atoms with van der Waals surface area (Å²) in [6.07, 6.45) is 0. The van der Waals surface area contributed by atoms with E-state index in [4.69, 9.17) is 9.47 Å². The predicted molar refractivity (Wildman–Crippen MR) is 82.8 cm³/mol. The number of ether oxygens (including phenoxy) is 2. The van der Waals surface area contributed by atoms with Crippen LogP contribution in [0.4, 0.5) is 5.69 Å². The van der Waals surface area contributed by atoms with Gasteiger partial charge in [-0.2, -0.15) is 0 Å². The van der Waals surface area contributed by atoms with Crippen molar-refractivity contribution in [3.05, 3.63) is 40.3 Å². The molecule has 1 aromatic heterocycles. The van der Waals surface area contributed by atoms with Gasteiger partial charge in [0, 0.05) is 11.1 Å². The number of carbonyl (C=O) groups excluding carboxylic acids is 1. The first kappa shape index (κ1) is 15.3. The number of aryl methyl sites for hydroxylation is 1. The van der Waals surface area contributed by atoms with E-state index in [1.807, 2.05) is 36.6 Å². The van der Waals surface area contributed by atoms with Crippen LogP contribution in [0.15, 0.2) is 29.6 Å². The van der Waals surface area contributed by atoms with Crippen molar-refractivity contribution in [2.24, 2.45) is 0 Å². The molecule has 0 fully saturated rings. The quantitative estimate of drug-likeness (QED) is 0.831. The Balaban J connectivity index is 2.29. The molecule has 0 aliphatic rings. The van der Waals surface area contributed by atoms with E-state index in [0.717, 1.165) is 11.4 Å². The summed E-state index contributed by atoms with van der Waals surface area (Å²) in [5.41, 5.74) is 1.61. The first-order valence-electron chi connectivity index (χ1n) is 6.64. The van der Waals surface area contributed by atoms with E-state index in [9.17, 15) is 4.79 Å². The summed E-state index contributed by atoms with van der Waals surface area (Å²) in [5, 5.41) is 5.75. The molecule has 6 heteroatoms. The summed E-state index contributed by atoms with van der Waals surface area (Å²) in [4.78, 5) is 16.6. The molecule has 1 aromatic carbocycles. The van der Waals surface area contributed by atoms with Gasteiger partial charge in [-0.1, -0.05) is 12.1 Å². The van der Waals surface area contributed by atoms with Crippen LogP contribution in [0.25, 0.3) is 0 Å². The maximum absolute atomic E-state index is 12.2. The molecule has 112 valence electrons. The van der Waals surface area contributed by atoms with Gasteiger partial charge in [0.2, 0.25) is 0 Å². The van der Waals surface area contributed by atoms with Crippen LogP contribution in [0.5, 0.6) is 5.75 Å². The number of rotatable bonds is 6. The van der Waals surface area contributed by atoms with E-state index >= 15 is 0 Å². The van der Waals surface area contributed by atoms with Crippen molar-refractivity contribution in [1.29, 1.82) is 0 Å². The van der Waals surface area contributed by atoms with E-state index in [1.165, 1.54) is 11.3 Å². The highest BCUT2D eigenvalue weighted by atomic mass is 32.1. The van der Waals surface area contributed by atoms with Crippen molar-refractivity contribution in [1.82, 2.24) is 4.98 Å². The van der Waals surface area contributed by atoms with Gasteiger partial charge in [-0.05, 0) is 26.0 Å². The number of esters is 1. The van der Waals surface area contributed by atoms with Crippen LogP contribution in [0, 0.1) is 6.92 Å². The van der Waals surface area contributed by atoms with E-state index in [0.29, 0.717) is 17.4 Å². The first-order chi connectivity index (χ1) is 10.2. The predicted octanol–water partition coefficient (Wildman–Crippen LogP) is 3.18. The van der Waals surface area contributed by atoms with Gasteiger partial charge in [0.1, 0.15) is 10.8 Å². The first-order valence-corrected chi connectivity index (χ1v) is 7.52. The van der Waals surface area contributed by atoms with E-state index in [2.05, 4.69) is 10.3 Å². The lowest BCUT2D eigenvalue weighted by molar-refractivity contribution is -0.144. The zero-order valence-corrected chi connectivity index (χ0v) is 13.1. The number of hydrogen-bond acceptors (Lipinski definition) is 6. The molecule has 1 N–H and O–H groups in total. The molecular formula is C15H18N2O3S. The van der Waals surface area contributed by atoms with Crippen LogP contribution in [0.1, 0.15) is 23.7 Å². The van der Waals surface area contributed by atoms with Crippen molar-refractivity contribution >= 4 is 23.0 Å². The number of nitrogens with one attached hydrogen (secondary N) is 1. The maximum Gasteiger partial charge on any atom is 0.335 e. The molecule has 0 bridgehead atoms. The highest BCUT2D eigenvalue weighted by Gasteiger charge is 2.25. The lowest BCUT2D eigenvalue weighted by atomic mass is 10.2. The Hall–Kier alpha value is -2.08. The Morgan fingerprint density at radius 2 is 2.19 bits per heavy atom. The summed E-state index contributed by atoms with van der Waals surface area (Å²) < 4.78 is 10.4. The second-order valence-electron chi connectivity index (χ2n) is 4.36. The SMILES string of the molecule is CCOC(=O)C(Nc1ccccc1OC)c1nc(C)cs1. The summed E-state index contributed by atoms with van der Waals surface area (Å²) in [6.45, 7) is 4.00. The third-order valence-electron chi connectivity index (χ3n) is 2.81. The molecule has 2 aromatic rings. The topological polar surface area (TPSA) is 60.5 Å². The van der Waals surface area contributed by atoms with Gasteiger partial charge in [-0.15, -0.1) is 11.3 Å². The van der Waals surface area contributed by atoms with Gasteiger partial charge in [0.25, 0.3) is 0 Å². The van der Waals surface area contributed by atoms with Crippen LogP contribution < -0.4 is 10.1 Å². The number of nitrogens with zero attached hydrogens (tertiary/aromatic N) is 1. The molecular weight excluding hydrogens is 288 g/mol. The Morgan fingerprint density at radius 1 is 1.43 bits per heavy atom. The molecule has 0 radical (unpaired) electrons. The average Bonchev–Trinajstić information content (AvgIpc) is 2.91. The minimum Gasteiger partial charge on any atom is -0.495 e. The third-order valence-corrected chi connectivity index (χ3v) is 3.84. The molecule has 0 aliphatic heterocycles. The zero-order chi connectivity index (χ0) is 15.2. The van der Waals surface area contributed by atoms with Crippen LogP contribution in [0.3, 0.4) is 0 Å². The third kappa shape index (κ3) is 3.72. The van der Waals surface area contributed by atoms with Crippen molar-refractivity contribution in [2.75, 3.05) is 19.0 Å². The lowest BCUT2D eigenvalue weighted by Crippen LogP contribution is -2.23. The van der Waals surface area contributed by atoms with Gasteiger partial charge in [0.05, 0.1) is 19.4 Å². The molecule has 0 spiro atoms. The summed E-state index contributed by atoms with van der Waals surface area (Å²) in [5.74, 6) is 0.317. The van der Waals surface area contributed by atoms with Crippen molar-refractivity contribution < 1.29 is 14.3 Å². The van der Waals surface area contributed by atoms with Crippen molar-refractivity contribution in [3.8, 4) is 5.75 Å². The number of anilines is 1. The maximum atomic E-state index is 12.2. The Morgan fingerprint density at radius 3 is 2.81 bits per heavy atom. The van der Waals surface area contributed by atoms with E-state index in [1.54, 1.807) is 14.0 Å². The standard InChI is InChI=1S/C15H18N2O3S/c1-4-20-15(18)13(14-16-10(2)9-21-14)17-11-7-5-6-8-12(11)19-3/h5-9,13,17H,4H2,1-3H3. The summed E-state index contributed by atoms with van der Waals surface area (Å²) in [7, 11) is 1.59. The van der Waals surface area contributed by atoms with Crippen molar-refractivity contribution in [2.45, 2.75) is 19.9 Å². The minimum atomic E-state index is -0.639. The molecule has 0 saturated carbocycles. The monoisotopic (exact) mass is 306 g/mol. The van der Waals surface area contributed by atoms with Gasteiger partial charge in [-0.25, -0.2) is 9.78 Å². The fourth-order valence-electron chi connectivity index (χ4n) is 1.87. The molecule has 5 nitrogen and oxygen atoms in total. The van der Waals surface area contributed by atoms with Gasteiger partial charge >= 0.3 is 5.97 Å². The van der Waals surface area contributed by atoms with Gasteiger partial charge in [-0.3, -0.25) is 0 Å². The summed E-state index contributed by atoms with van der Waals surface area (Å²) >= 11 is 1.43. The summed E-state index contributed by atoms with van der Waals surface area (Å²) in [6, 6.07) is 6.79. The molecule has 0 saturated heterocycles. The van der Waals surface area contributed by atoms with Gasteiger partial charge in [0.15, 0.2) is 6.04 Å². The minimum absolute atomic E-state index is 0.327. The highest BCUT2D eigenvalue weighted by molar-refractivity contribution is 7.09. The fraction of sp³-hybridized carbons (Fsp3) is 0.333. The lowest BCUT2D eigenvalue weighted by Gasteiger charge is -2.18. The number of benzene rings is 1. The largest absolute Gasteiger partial charge is 0.495 e.